The van der Waals surface area contributed by atoms with Crippen molar-refractivity contribution in [3.05, 3.63) is 18.7 Å². The van der Waals surface area contributed by atoms with E-state index >= 15 is 0 Å². The van der Waals surface area contributed by atoms with Crippen LogP contribution in [0, 0.1) is 5.41 Å². The molecule has 0 radical (unpaired) electrons. The SMILES string of the molecule is CCOC1CC(Nc2cncnc2)C1(C)C. The van der Waals surface area contributed by atoms with Crippen LogP contribution >= 0.6 is 0 Å². The van der Waals surface area contributed by atoms with Gasteiger partial charge in [0.05, 0.1) is 24.2 Å². The Hall–Kier alpha value is -1.16. The van der Waals surface area contributed by atoms with Gasteiger partial charge in [0.1, 0.15) is 6.33 Å². The Kier molecular flexibility index (Phi) is 3.10. The molecule has 0 amide bonds. The van der Waals surface area contributed by atoms with Crippen LogP contribution in [-0.2, 0) is 4.74 Å². The molecular formula is C12H19N3O. The van der Waals surface area contributed by atoms with E-state index in [0.29, 0.717) is 12.1 Å². The van der Waals surface area contributed by atoms with Crippen LogP contribution in [0.3, 0.4) is 0 Å². The average molecular weight is 221 g/mol. The predicted molar refractivity (Wildman–Crippen MR) is 63.3 cm³/mol. The van der Waals surface area contributed by atoms with Crippen molar-refractivity contribution in [3.63, 3.8) is 0 Å². The molecule has 1 fully saturated rings. The maximum Gasteiger partial charge on any atom is 0.115 e. The van der Waals surface area contributed by atoms with E-state index in [0.717, 1.165) is 18.7 Å². The number of hydrogen-bond acceptors (Lipinski definition) is 4. The van der Waals surface area contributed by atoms with Gasteiger partial charge in [0.25, 0.3) is 0 Å². The fourth-order valence-corrected chi connectivity index (χ4v) is 2.19. The standard InChI is InChI=1S/C12H19N3O/c1-4-16-11-5-10(12(11,2)3)15-9-6-13-8-14-7-9/h6-8,10-11,15H,4-5H2,1-3H3. The Morgan fingerprint density at radius 2 is 2.12 bits per heavy atom. The van der Waals surface area contributed by atoms with Gasteiger partial charge < -0.3 is 10.1 Å². The number of hydrogen-bond donors (Lipinski definition) is 1. The zero-order chi connectivity index (χ0) is 11.6. The Labute approximate surface area is 96.4 Å². The highest BCUT2D eigenvalue weighted by atomic mass is 16.5. The highest BCUT2D eigenvalue weighted by Crippen LogP contribution is 2.44. The van der Waals surface area contributed by atoms with Gasteiger partial charge in [-0.1, -0.05) is 13.8 Å². The molecule has 1 N–H and O–H groups in total. The Morgan fingerprint density at radius 1 is 1.44 bits per heavy atom. The van der Waals surface area contributed by atoms with Gasteiger partial charge >= 0.3 is 0 Å². The van der Waals surface area contributed by atoms with Crippen LogP contribution in [0.15, 0.2) is 18.7 Å². The maximum absolute atomic E-state index is 5.69. The summed E-state index contributed by atoms with van der Waals surface area (Å²) in [6, 6.07) is 0.440. The summed E-state index contributed by atoms with van der Waals surface area (Å²) in [4.78, 5) is 7.99. The molecule has 1 aromatic rings. The quantitative estimate of drug-likeness (QED) is 0.845. The van der Waals surface area contributed by atoms with Crippen molar-refractivity contribution in [1.82, 2.24) is 9.97 Å². The molecule has 4 nitrogen and oxygen atoms in total. The maximum atomic E-state index is 5.69. The summed E-state index contributed by atoms with van der Waals surface area (Å²) >= 11 is 0. The summed E-state index contributed by atoms with van der Waals surface area (Å²) in [6.07, 6.45) is 6.56. The number of nitrogens with one attached hydrogen (secondary N) is 1. The van der Waals surface area contributed by atoms with Gasteiger partial charge in [-0.15, -0.1) is 0 Å². The van der Waals surface area contributed by atoms with Crippen molar-refractivity contribution >= 4 is 5.69 Å². The van der Waals surface area contributed by atoms with Crippen LogP contribution in [0.25, 0.3) is 0 Å². The fourth-order valence-electron chi connectivity index (χ4n) is 2.19. The highest BCUT2D eigenvalue weighted by molar-refractivity contribution is 5.40. The van der Waals surface area contributed by atoms with E-state index in [1.165, 1.54) is 0 Å². The minimum Gasteiger partial charge on any atom is -0.379 e. The van der Waals surface area contributed by atoms with Crippen molar-refractivity contribution in [1.29, 1.82) is 0 Å². The number of anilines is 1. The zero-order valence-electron chi connectivity index (χ0n) is 10.1. The lowest BCUT2D eigenvalue weighted by molar-refractivity contribution is -0.0976. The molecular weight excluding hydrogens is 202 g/mol. The number of ether oxygens (including phenoxy) is 1. The van der Waals surface area contributed by atoms with Gasteiger partial charge in [0.15, 0.2) is 0 Å². The van der Waals surface area contributed by atoms with Gasteiger partial charge in [0, 0.05) is 18.1 Å². The van der Waals surface area contributed by atoms with Crippen LogP contribution in [-0.4, -0.2) is 28.7 Å². The summed E-state index contributed by atoms with van der Waals surface area (Å²) in [6.45, 7) is 7.30. The van der Waals surface area contributed by atoms with Crippen LogP contribution in [0.5, 0.6) is 0 Å². The summed E-state index contributed by atoms with van der Waals surface area (Å²) in [5.74, 6) is 0. The van der Waals surface area contributed by atoms with E-state index in [9.17, 15) is 0 Å². The molecule has 2 unspecified atom stereocenters. The molecule has 0 aromatic carbocycles. The summed E-state index contributed by atoms with van der Waals surface area (Å²) in [5, 5.41) is 3.45. The van der Waals surface area contributed by atoms with E-state index in [4.69, 9.17) is 4.74 Å². The second-order valence-corrected chi connectivity index (χ2v) is 4.83. The molecule has 1 aliphatic carbocycles. The molecule has 16 heavy (non-hydrogen) atoms. The van der Waals surface area contributed by atoms with Gasteiger partial charge in [-0.25, -0.2) is 9.97 Å². The molecule has 1 aliphatic rings. The van der Waals surface area contributed by atoms with Gasteiger partial charge in [-0.2, -0.15) is 0 Å². The Morgan fingerprint density at radius 3 is 2.69 bits per heavy atom. The average Bonchev–Trinajstić information content (AvgIpc) is 2.29. The van der Waals surface area contributed by atoms with Gasteiger partial charge in [0.2, 0.25) is 0 Å². The lowest BCUT2D eigenvalue weighted by atomic mass is 9.64. The normalized spacial score (nSPS) is 27.2. The molecule has 4 heteroatoms. The fraction of sp³-hybridized carbons (Fsp3) is 0.667. The van der Waals surface area contributed by atoms with Crippen molar-refractivity contribution in [3.8, 4) is 0 Å². The molecule has 88 valence electrons. The third-order valence-electron chi connectivity index (χ3n) is 3.45. The monoisotopic (exact) mass is 221 g/mol. The van der Waals surface area contributed by atoms with Gasteiger partial charge in [-0.05, 0) is 13.3 Å². The van der Waals surface area contributed by atoms with Crippen LogP contribution in [0.4, 0.5) is 5.69 Å². The van der Waals surface area contributed by atoms with Gasteiger partial charge in [-0.3, -0.25) is 0 Å². The second-order valence-electron chi connectivity index (χ2n) is 4.83. The minimum absolute atomic E-state index is 0.172. The lowest BCUT2D eigenvalue weighted by Crippen LogP contribution is -2.58. The summed E-state index contributed by atoms with van der Waals surface area (Å²) in [7, 11) is 0. The molecule has 2 atom stereocenters. The molecule has 0 saturated heterocycles. The first kappa shape index (κ1) is 11.3. The van der Waals surface area contributed by atoms with E-state index in [2.05, 4.69) is 29.1 Å². The van der Waals surface area contributed by atoms with Crippen molar-refractivity contribution < 1.29 is 4.74 Å². The van der Waals surface area contributed by atoms with Crippen molar-refractivity contribution in [2.24, 2.45) is 5.41 Å². The Balaban J connectivity index is 1.94. The molecule has 2 rings (SSSR count). The first-order valence-corrected chi connectivity index (χ1v) is 5.77. The molecule has 0 aliphatic heterocycles. The van der Waals surface area contributed by atoms with Crippen molar-refractivity contribution in [2.45, 2.75) is 39.3 Å². The second kappa shape index (κ2) is 4.37. The smallest absolute Gasteiger partial charge is 0.115 e. The largest absolute Gasteiger partial charge is 0.379 e. The summed E-state index contributed by atoms with van der Waals surface area (Å²) < 4.78 is 5.69. The Bertz CT molecular complexity index is 339. The predicted octanol–water partition coefficient (Wildman–Crippen LogP) is 2.09. The van der Waals surface area contributed by atoms with E-state index in [-0.39, 0.29) is 5.41 Å². The minimum atomic E-state index is 0.172. The third-order valence-corrected chi connectivity index (χ3v) is 3.45. The third kappa shape index (κ3) is 2.02. The number of aromatic nitrogens is 2. The molecule has 0 spiro atoms. The first-order chi connectivity index (χ1) is 7.64. The van der Waals surface area contributed by atoms with E-state index < -0.39 is 0 Å². The lowest BCUT2D eigenvalue weighted by Gasteiger charge is -2.51. The van der Waals surface area contributed by atoms with E-state index in [1.54, 1.807) is 18.7 Å². The molecule has 1 heterocycles. The molecule has 1 saturated carbocycles. The number of nitrogens with zero attached hydrogens (tertiary/aromatic N) is 2. The first-order valence-electron chi connectivity index (χ1n) is 5.77. The molecule has 0 bridgehead atoms. The van der Waals surface area contributed by atoms with Crippen molar-refractivity contribution in [2.75, 3.05) is 11.9 Å². The zero-order valence-corrected chi connectivity index (χ0v) is 10.1. The number of rotatable bonds is 4. The highest BCUT2D eigenvalue weighted by Gasteiger charge is 2.48. The topological polar surface area (TPSA) is 47.0 Å². The molecule has 1 aromatic heterocycles. The van der Waals surface area contributed by atoms with Crippen LogP contribution in [0.1, 0.15) is 27.2 Å². The van der Waals surface area contributed by atoms with Crippen LogP contribution < -0.4 is 5.32 Å². The van der Waals surface area contributed by atoms with Crippen LogP contribution in [0.2, 0.25) is 0 Å². The summed E-state index contributed by atoms with van der Waals surface area (Å²) in [5.41, 5.74) is 1.15. The van der Waals surface area contributed by atoms with E-state index in [1.807, 2.05) is 6.92 Å².